The molecule has 80 heavy (non-hydrogen) atoms. The topological polar surface area (TPSA) is 78.9 Å². The average Bonchev–Trinajstić information content (AvgIpc) is 3.46. The largest absolute Gasteiger partial charge is 0.462 e. The molecule has 0 saturated carbocycles. The normalized spacial score (nSPS) is 12.5. The summed E-state index contributed by atoms with van der Waals surface area (Å²) >= 11 is 0. The Morgan fingerprint density at radius 2 is 0.487 bits per heavy atom. The molecular formula is C74H132O6. The summed E-state index contributed by atoms with van der Waals surface area (Å²) in [7, 11) is 0. The van der Waals surface area contributed by atoms with Gasteiger partial charge in [-0.1, -0.05) is 344 Å². The number of carbonyl (C=O) groups is 3. The van der Waals surface area contributed by atoms with Crippen LogP contribution in [0.2, 0.25) is 0 Å². The van der Waals surface area contributed by atoms with Crippen molar-refractivity contribution in [2.75, 3.05) is 13.2 Å². The maximum Gasteiger partial charge on any atom is 0.306 e. The molecule has 1 unspecified atom stereocenters. The minimum Gasteiger partial charge on any atom is -0.462 e. The monoisotopic (exact) mass is 1120 g/mol. The number of hydrogen-bond donors (Lipinski definition) is 0. The van der Waals surface area contributed by atoms with Crippen molar-refractivity contribution in [3.8, 4) is 0 Å². The van der Waals surface area contributed by atoms with Crippen molar-refractivity contribution in [3.05, 3.63) is 72.9 Å². The van der Waals surface area contributed by atoms with E-state index in [1.54, 1.807) is 0 Å². The molecule has 0 heterocycles. The molecule has 6 heteroatoms. The molecule has 6 nitrogen and oxygen atoms in total. The number of rotatable bonds is 64. The van der Waals surface area contributed by atoms with Gasteiger partial charge in [0, 0.05) is 19.3 Å². The lowest BCUT2D eigenvalue weighted by Gasteiger charge is -2.18. The van der Waals surface area contributed by atoms with Gasteiger partial charge in [-0.2, -0.15) is 0 Å². The van der Waals surface area contributed by atoms with Crippen LogP contribution in [0.3, 0.4) is 0 Å². The van der Waals surface area contributed by atoms with Crippen LogP contribution in [0.5, 0.6) is 0 Å². The molecule has 0 aliphatic carbocycles. The van der Waals surface area contributed by atoms with Gasteiger partial charge in [0.25, 0.3) is 0 Å². The fourth-order valence-corrected chi connectivity index (χ4v) is 10.3. The number of carbonyl (C=O) groups excluding carboxylic acids is 3. The van der Waals surface area contributed by atoms with Gasteiger partial charge < -0.3 is 14.2 Å². The van der Waals surface area contributed by atoms with Gasteiger partial charge in [-0.3, -0.25) is 14.4 Å². The molecule has 0 aromatic carbocycles. The second-order valence-electron chi connectivity index (χ2n) is 23.4. The van der Waals surface area contributed by atoms with Gasteiger partial charge in [0.1, 0.15) is 13.2 Å². The van der Waals surface area contributed by atoms with Gasteiger partial charge in [0.2, 0.25) is 0 Å². The van der Waals surface area contributed by atoms with E-state index in [9.17, 15) is 14.4 Å². The molecule has 0 bridgehead atoms. The van der Waals surface area contributed by atoms with Crippen molar-refractivity contribution in [2.45, 2.75) is 367 Å². The third-order valence-electron chi connectivity index (χ3n) is 15.5. The quantitative estimate of drug-likeness (QED) is 0.0261. The highest BCUT2D eigenvalue weighted by Crippen LogP contribution is 2.18. The summed E-state index contributed by atoms with van der Waals surface area (Å²) < 4.78 is 17.0. The summed E-state index contributed by atoms with van der Waals surface area (Å²) in [5.74, 6) is -0.856. The number of ether oxygens (including phenoxy) is 3. The minimum absolute atomic E-state index is 0.0721. The Bertz CT molecular complexity index is 1470. The van der Waals surface area contributed by atoms with E-state index in [4.69, 9.17) is 14.2 Å². The van der Waals surface area contributed by atoms with Gasteiger partial charge >= 0.3 is 17.9 Å². The van der Waals surface area contributed by atoms with Crippen LogP contribution in [0.25, 0.3) is 0 Å². The fourth-order valence-electron chi connectivity index (χ4n) is 10.3. The van der Waals surface area contributed by atoms with Crippen molar-refractivity contribution in [1.29, 1.82) is 0 Å². The number of allylic oxidation sites excluding steroid dienone is 12. The minimum atomic E-state index is -0.777. The number of unbranched alkanes of at least 4 members (excludes halogenated alkanes) is 41. The Morgan fingerprint density at radius 3 is 0.762 bits per heavy atom. The lowest BCUT2D eigenvalue weighted by Crippen LogP contribution is -2.30. The first-order chi connectivity index (χ1) is 39.5. The van der Waals surface area contributed by atoms with Crippen LogP contribution in [0.4, 0.5) is 0 Å². The highest BCUT2D eigenvalue weighted by Gasteiger charge is 2.19. The van der Waals surface area contributed by atoms with Crippen LogP contribution in [-0.4, -0.2) is 37.2 Å². The van der Waals surface area contributed by atoms with E-state index in [2.05, 4.69) is 93.7 Å². The van der Waals surface area contributed by atoms with Gasteiger partial charge in [0.15, 0.2) is 6.10 Å². The van der Waals surface area contributed by atoms with Gasteiger partial charge in [0.05, 0.1) is 0 Å². The zero-order valence-corrected chi connectivity index (χ0v) is 53.3. The molecule has 0 N–H and O–H groups in total. The van der Waals surface area contributed by atoms with E-state index in [1.807, 2.05) is 0 Å². The predicted octanol–water partition coefficient (Wildman–Crippen LogP) is 24.1. The van der Waals surface area contributed by atoms with Crippen LogP contribution in [0, 0.1) is 0 Å². The molecule has 0 rings (SSSR count). The third-order valence-corrected chi connectivity index (χ3v) is 15.5. The van der Waals surface area contributed by atoms with Crippen LogP contribution < -0.4 is 0 Å². The average molecular weight is 1120 g/mol. The van der Waals surface area contributed by atoms with Gasteiger partial charge in [-0.25, -0.2) is 0 Å². The zero-order chi connectivity index (χ0) is 57.8. The highest BCUT2D eigenvalue weighted by atomic mass is 16.6. The van der Waals surface area contributed by atoms with Crippen LogP contribution in [-0.2, 0) is 28.6 Å². The second kappa shape index (κ2) is 68.3. The van der Waals surface area contributed by atoms with E-state index in [1.165, 1.54) is 218 Å². The molecule has 0 spiro atoms. The first kappa shape index (κ1) is 76.9. The van der Waals surface area contributed by atoms with Crippen molar-refractivity contribution < 1.29 is 28.6 Å². The second-order valence-corrected chi connectivity index (χ2v) is 23.4. The number of esters is 3. The summed E-state index contributed by atoms with van der Waals surface area (Å²) in [6, 6.07) is 0. The summed E-state index contributed by atoms with van der Waals surface area (Å²) in [5, 5.41) is 0. The Balaban J connectivity index is 4.32. The first-order valence-corrected chi connectivity index (χ1v) is 34.9. The molecule has 464 valence electrons. The summed E-state index contributed by atoms with van der Waals surface area (Å²) in [6.07, 6.45) is 89.2. The zero-order valence-electron chi connectivity index (χ0n) is 53.3. The van der Waals surface area contributed by atoms with Gasteiger partial charge in [-0.15, -0.1) is 0 Å². The molecular weight excluding hydrogens is 985 g/mol. The molecule has 0 aliphatic rings. The smallest absolute Gasteiger partial charge is 0.306 e. The molecule has 0 amide bonds. The number of hydrogen-bond acceptors (Lipinski definition) is 6. The third kappa shape index (κ3) is 65.7. The Labute approximate surface area is 497 Å². The Morgan fingerprint density at radius 1 is 0.263 bits per heavy atom. The standard InChI is InChI=1S/C74H132O6/c1-4-7-10-13-16-19-22-25-28-31-33-34-35-36-37-38-39-40-42-43-46-49-52-55-58-61-64-67-73(76)79-70-71(69-78-72(75)66-63-60-57-54-51-48-45-30-27-24-21-18-15-12-9-6-3)80-74(77)68-65-62-59-56-53-50-47-44-41-32-29-26-23-20-17-14-11-8-5-2/h7,10,16,19,25,28,33-34,36-37,39-40,71H,4-6,8-9,11-15,17-18,20-24,26-27,29-32,35,38,41-70H2,1-3H3/b10-7-,19-16-,28-25-,34-33-,37-36-,40-39-. The predicted molar refractivity (Wildman–Crippen MR) is 348 cm³/mol. The summed E-state index contributed by atoms with van der Waals surface area (Å²) in [4.78, 5) is 38.5. The van der Waals surface area contributed by atoms with E-state index in [0.717, 1.165) is 103 Å². The van der Waals surface area contributed by atoms with Crippen LogP contribution >= 0.6 is 0 Å². The van der Waals surface area contributed by atoms with E-state index >= 15 is 0 Å². The lowest BCUT2D eigenvalue weighted by molar-refractivity contribution is -0.167. The molecule has 0 aromatic rings. The van der Waals surface area contributed by atoms with Crippen LogP contribution in [0.15, 0.2) is 72.9 Å². The highest BCUT2D eigenvalue weighted by molar-refractivity contribution is 5.71. The molecule has 1 atom stereocenters. The fraction of sp³-hybridized carbons (Fsp3) is 0.797. The van der Waals surface area contributed by atoms with Gasteiger partial charge in [-0.05, 0) is 70.6 Å². The molecule has 0 aliphatic heterocycles. The van der Waals surface area contributed by atoms with E-state index in [-0.39, 0.29) is 31.1 Å². The van der Waals surface area contributed by atoms with E-state index in [0.29, 0.717) is 19.3 Å². The Kier molecular flexibility index (Phi) is 65.7. The van der Waals surface area contributed by atoms with Crippen LogP contribution in [0.1, 0.15) is 361 Å². The first-order valence-electron chi connectivity index (χ1n) is 34.9. The summed E-state index contributed by atoms with van der Waals surface area (Å²) in [6.45, 7) is 6.59. The van der Waals surface area contributed by atoms with E-state index < -0.39 is 6.10 Å². The maximum absolute atomic E-state index is 13.0. The Hall–Kier alpha value is -3.15. The van der Waals surface area contributed by atoms with Crippen molar-refractivity contribution in [2.24, 2.45) is 0 Å². The molecule has 0 aromatic heterocycles. The lowest BCUT2D eigenvalue weighted by atomic mass is 10.0. The molecule has 0 fully saturated rings. The van der Waals surface area contributed by atoms with Crippen molar-refractivity contribution in [3.63, 3.8) is 0 Å². The van der Waals surface area contributed by atoms with Crippen molar-refractivity contribution in [1.82, 2.24) is 0 Å². The molecule has 0 radical (unpaired) electrons. The summed E-state index contributed by atoms with van der Waals surface area (Å²) in [5.41, 5.74) is 0. The maximum atomic E-state index is 13.0. The van der Waals surface area contributed by atoms with Crippen molar-refractivity contribution >= 4 is 17.9 Å². The SMILES string of the molecule is CC/C=C\C/C=C\C/C=C\C/C=C\C/C=C\C/C=C\CCCCCCCCCCC(=O)OCC(COC(=O)CCCCCCCCCCCCCCCCCC)OC(=O)CCCCCCCCCCCCCCCCCCCCC. The molecule has 0 saturated heterocycles.